The van der Waals surface area contributed by atoms with Gasteiger partial charge in [-0.3, -0.25) is 0 Å². The molecular formula is C20H23NO5. The highest BCUT2D eigenvalue weighted by Crippen LogP contribution is 2.43. The van der Waals surface area contributed by atoms with E-state index in [2.05, 4.69) is 5.16 Å². The van der Waals surface area contributed by atoms with Crippen LogP contribution in [0.25, 0.3) is 0 Å². The third-order valence-corrected chi connectivity index (χ3v) is 4.53. The Kier molecular flexibility index (Phi) is 6.07. The highest BCUT2D eigenvalue weighted by Gasteiger charge is 2.44. The van der Waals surface area contributed by atoms with E-state index in [1.54, 1.807) is 6.21 Å². The van der Waals surface area contributed by atoms with E-state index in [-0.39, 0.29) is 17.8 Å². The van der Waals surface area contributed by atoms with Crippen LogP contribution in [0, 0.1) is 11.8 Å². The first-order valence-corrected chi connectivity index (χ1v) is 8.69. The maximum absolute atomic E-state index is 12.1. The van der Waals surface area contributed by atoms with Crippen LogP contribution in [0.5, 0.6) is 0 Å². The van der Waals surface area contributed by atoms with Crippen molar-refractivity contribution >= 4 is 12.2 Å². The number of hydrogen-bond donors (Lipinski definition) is 0. The van der Waals surface area contributed by atoms with Gasteiger partial charge in [-0.1, -0.05) is 41.6 Å². The van der Waals surface area contributed by atoms with Gasteiger partial charge in [0.25, 0.3) is 0 Å². The smallest absolute Gasteiger partial charge is 0.337 e. The standard InChI is InChI=1S/C20H23NO5/c1-3-26-21-11-15-9-10-16-17(19(22)23-2)13-25-20(18(15)16)24-12-14-7-5-4-6-8-14/h4-9,11,13,16,18,20H,3,10,12H2,1-2H3/b21-11+/t16?,18?,20-/m1/s1. The minimum Gasteiger partial charge on any atom is -0.471 e. The second-order valence-corrected chi connectivity index (χ2v) is 6.09. The summed E-state index contributed by atoms with van der Waals surface area (Å²) in [4.78, 5) is 17.1. The molecule has 0 saturated carbocycles. The van der Waals surface area contributed by atoms with Gasteiger partial charge in [-0.25, -0.2) is 4.79 Å². The van der Waals surface area contributed by atoms with Crippen LogP contribution in [0.4, 0.5) is 0 Å². The van der Waals surface area contributed by atoms with Crippen molar-refractivity contribution < 1.29 is 23.8 Å². The summed E-state index contributed by atoms with van der Waals surface area (Å²) < 4.78 is 16.7. The van der Waals surface area contributed by atoms with Crippen LogP contribution in [-0.2, 0) is 30.4 Å². The monoisotopic (exact) mass is 357 g/mol. The predicted molar refractivity (Wildman–Crippen MR) is 96.0 cm³/mol. The van der Waals surface area contributed by atoms with Crippen LogP contribution in [0.15, 0.2) is 59.0 Å². The van der Waals surface area contributed by atoms with Crippen LogP contribution in [-0.4, -0.2) is 32.2 Å². The number of ether oxygens (including phenoxy) is 3. The Labute approximate surface area is 153 Å². The van der Waals surface area contributed by atoms with Crippen LogP contribution in [0.2, 0.25) is 0 Å². The molecule has 0 spiro atoms. The van der Waals surface area contributed by atoms with Crippen LogP contribution < -0.4 is 0 Å². The summed E-state index contributed by atoms with van der Waals surface area (Å²) in [6, 6.07) is 9.89. The number of allylic oxidation sites excluding steroid dienone is 1. The molecule has 138 valence electrons. The SMILES string of the molecule is CCO/N=C/C1=CCC2C(C(=O)OC)=CO[C@@H](OCc3ccccc3)C12. The van der Waals surface area contributed by atoms with Crippen molar-refractivity contribution in [2.45, 2.75) is 26.2 Å². The fraction of sp³-hybridized carbons (Fsp3) is 0.400. The van der Waals surface area contributed by atoms with E-state index in [0.29, 0.717) is 25.2 Å². The summed E-state index contributed by atoms with van der Waals surface area (Å²) in [5, 5.41) is 3.97. The van der Waals surface area contributed by atoms with E-state index < -0.39 is 6.29 Å². The molecule has 0 radical (unpaired) electrons. The highest BCUT2D eigenvalue weighted by molar-refractivity contribution is 5.90. The van der Waals surface area contributed by atoms with E-state index in [1.807, 2.05) is 43.3 Å². The lowest BCUT2D eigenvalue weighted by molar-refractivity contribution is -0.159. The Morgan fingerprint density at radius 2 is 2.15 bits per heavy atom. The minimum absolute atomic E-state index is 0.0555. The number of oxime groups is 1. The molecule has 0 aromatic heterocycles. The van der Waals surface area contributed by atoms with Crippen molar-refractivity contribution in [1.82, 2.24) is 0 Å². The first kappa shape index (κ1) is 18.2. The second-order valence-electron chi connectivity index (χ2n) is 6.09. The molecule has 1 aromatic carbocycles. The molecule has 0 saturated heterocycles. The zero-order valence-corrected chi connectivity index (χ0v) is 15.0. The average Bonchev–Trinajstić information content (AvgIpc) is 3.11. The molecule has 0 N–H and O–H groups in total. The Bertz CT molecular complexity index is 710. The molecule has 6 nitrogen and oxygen atoms in total. The van der Waals surface area contributed by atoms with Crippen LogP contribution >= 0.6 is 0 Å². The largest absolute Gasteiger partial charge is 0.471 e. The first-order chi connectivity index (χ1) is 12.7. The van der Waals surface area contributed by atoms with Gasteiger partial charge in [0.1, 0.15) is 6.61 Å². The minimum atomic E-state index is -0.504. The van der Waals surface area contributed by atoms with Crippen molar-refractivity contribution in [2.24, 2.45) is 17.0 Å². The summed E-state index contributed by atoms with van der Waals surface area (Å²) in [6.07, 6.45) is 5.39. The molecular weight excluding hydrogens is 334 g/mol. The van der Waals surface area contributed by atoms with Crippen molar-refractivity contribution in [2.75, 3.05) is 13.7 Å². The lowest BCUT2D eigenvalue weighted by Gasteiger charge is -2.34. The molecule has 1 heterocycles. The number of fused-ring (bicyclic) bond motifs is 1. The van der Waals surface area contributed by atoms with Gasteiger partial charge in [-0.2, -0.15) is 0 Å². The molecule has 1 aliphatic heterocycles. The van der Waals surface area contributed by atoms with Crippen LogP contribution in [0.3, 0.4) is 0 Å². The molecule has 3 atom stereocenters. The van der Waals surface area contributed by atoms with Gasteiger partial charge >= 0.3 is 5.97 Å². The van der Waals surface area contributed by atoms with Gasteiger partial charge in [0.2, 0.25) is 6.29 Å². The lowest BCUT2D eigenvalue weighted by atomic mass is 9.83. The number of carbonyl (C=O) groups is 1. The van der Waals surface area contributed by atoms with Gasteiger partial charge in [0.15, 0.2) is 0 Å². The lowest BCUT2D eigenvalue weighted by Crippen LogP contribution is -2.37. The van der Waals surface area contributed by atoms with Crippen molar-refractivity contribution in [1.29, 1.82) is 0 Å². The molecule has 2 aliphatic rings. The van der Waals surface area contributed by atoms with Gasteiger partial charge < -0.3 is 19.0 Å². The third-order valence-electron chi connectivity index (χ3n) is 4.53. The summed E-state index contributed by atoms with van der Waals surface area (Å²) >= 11 is 0. The maximum atomic E-state index is 12.1. The zero-order chi connectivity index (χ0) is 18.4. The number of rotatable bonds is 7. The molecule has 0 amide bonds. The number of hydrogen-bond acceptors (Lipinski definition) is 6. The van der Waals surface area contributed by atoms with E-state index in [4.69, 9.17) is 19.0 Å². The number of benzene rings is 1. The third kappa shape index (κ3) is 3.96. The summed E-state index contributed by atoms with van der Waals surface area (Å²) in [5.41, 5.74) is 2.52. The van der Waals surface area contributed by atoms with Gasteiger partial charge in [0.05, 0.1) is 37.7 Å². The van der Waals surface area contributed by atoms with Gasteiger partial charge in [-0.05, 0) is 24.5 Å². The molecule has 2 unspecified atom stereocenters. The number of methoxy groups -OCH3 is 1. The molecule has 3 rings (SSSR count). The molecule has 1 aromatic rings. The molecule has 0 fully saturated rings. The summed E-state index contributed by atoms with van der Waals surface area (Å²) in [5.74, 6) is -0.569. The van der Waals surface area contributed by atoms with E-state index in [9.17, 15) is 4.79 Å². The Morgan fingerprint density at radius 1 is 1.35 bits per heavy atom. The highest BCUT2D eigenvalue weighted by atomic mass is 16.7. The number of esters is 1. The van der Waals surface area contributed by atoms with E-state index in [1.165, 1.54) is 13.4 Å². The van der Waals surface area contributed by atoms with Gasteiger partial charge in [0, 0.05) is 5.92 Å². The van der Waals surface area contributed by atoms with E-state index in [0.717, 1.165) is 11.1 Å². The zero-order valence-electron chi connectivity index (χ0n) is 15.0. The molecule has 6 heteroatoms. The number of carbonyl (C=O) groups excluding carboxylic acids is 1. The Hall–Kier alpha value is -2.60. The normalized spacial score (nSPS) is 24.5. The van der Waals surface area contributed by atoms with Crippen molar-refractivity contribution in [3.63, 3.8) is 0 Å². The van der Waals surface area contributed by atoms with E-state index >= 15 is 0 Å². The van der Waals surface area contributed by atoms with Crippen LogP contribution in [0.1, 0.15) is 18.9 Å². The molecule has 1 aliphatic carbocycles. The fourth-order valence-electron chi connectivity index (χ4n) is 3.28. The summed E-state index contributed by atoms with van der Waals surface area (Å²) in [7, 11) is 1.37. The second kappa shape index (κ2) is 8.67. The number of nitrogens with zero attached hydrogens (tertiary/aromatic N) is 1. The Balaban J connectivity index is 1.77. The predicted octanol–water partition coefficient (Wildman–Crippen LogP) is 3.20. The fourth-order valence-corrected chi connectivity index (χ4v) is 3.28. The Morgan fingerprint density at radius 3 is 2.88 bits per heavy atom. The quantitative estimate of drug-likeness (QED) is 0.426. The topological polar surface area (TPSA) is 66.4 Å². The van der Waals surface area contributed by atoms with Crippen molar-refractivity contribution in [3.8, 4) is 0 Å². The van der Waals surface area contributed by atoms with Crippen molar-refractivity contribution in [3.05, 3.63) is 59.4 Å². The average molecular weight is 357 g/mol. The molecule has 26 heavy (non-hydrogen) atoms. The maximum Gasteiger partial charge on any atom is 0.337 e. The molecule has 0 bridgehead atoms. The summed E-state index contributed by atoms with van der Waals surface area (Å²) in [6.45, 7) is 2.79. The van der Waals surface area contributed by atoms with Gasteiger partial charge in [-0.15, -0.1) is 0 Å². The first-order valence-electron chi connectivity index (χ1n) is 8.69.